The van der Waals surface area contributed by atoms with Gasteiger partial charge >= 0.3 is 5.97 Å². The molecule has 4 aliphatic rings. The maximum absolute atomic E-state index is 12.4. The van der Waals surface area contributed by atoms with Crippen LogP contribution in [0.5, 0.6) is 0 Å². The molecule has 0 aromatic carbocycles. The molecule has 0 radical (unpaired) electrons. The van der Waals surface area contributed by atoms with E-state index in [1.807, 2.05) is 13.8 Å². The highest BCUT2D eigenvalue weighted by Crippen LogP contribution is 2.59. The summed E-state index contributed by atoms with van der Waals surface area (Å²) in [6.07, 6.45) is 17.9. The van der Waals surface area contributed by atoms with Gasteiger partial charge in [0.05, 0.1) is 18.1 Å². The van der Waals surface area contributed by atoms with Gasteiger partial charge in [0.15, 0.2) is 0 Å². The third kappa shape index (κ3) is 5.91. The van der Waals surface area contributed by atoms with Gasteiger partial charge < -0.3 is 14.9 Å². The highest BCUT2D eigenvalue weighted by atomic mass is 16.5. The van der Waals surface area contributed by atoms with Crippen LogP contribution in [-0.2, 0) is 9.53 Å². The zero-order valence-corrected chi connectivity index (χ0v) is 22.9. The minimum atomic E-state index is -0.637. The van der Waals surface area contributed by atoms with Crippen LogP contribution in [0.2, 0.25) is 0 Å². The third-order valence-electron chi connectivity index (χ3n) is 9.89. The molecule has 1 unspecified atom stereocenters. The molecule has 0 saturated heterocycles. The van der Waals surface area contributed by atoms with E-state index in [0.29, 0.717) is 36.5 Å². The average molecular weight is 497 g/mol. The molecule has 4 heteroatoms. The van der Waals surface area contributed by atoms with E-state index in [-0.39, 0.29) is 23.4 Å². The Kier molecular flexibility index (Phi) is 8.67. The molecule has 4 aliphatic carbocycles. The van der Waals surface area contributed by atoms with Crippen molar-refractivity contribution in [3.63, 3.8) is 0 Å². The van der Waals surface area contributed by atoms with Gasteiger partial charge in [-0.1, -0.05) is 58.1 Å². The number of esters is 1. The van der Waals surface area contributed by atoms with Crippen molar-refractivity contribution < 1.29 is 19.7 Å². The van der Waals surface area contributed by atoms with E-state index in [2.05, 4.69) is 44.7 Å². The maximum atomic E-state index is 12.4. The fourth-order valence-electron chi connectivity index (χ4n) is 7.16. The Labute approximate surface area is 218 Å². The molecule has 2 N–H and O–H groups in total. The summed E-state index contributed by atoms with van der Waals surface area (Å²) in [4.78, 5) is 12.4. The van der Waals surface area contributed by atoms with E-state index in [4.69, 9.17) is 4.74 Å². The standard InChI is InChI=1S/C32H48O4/c1-6-20(2)31(35)36-30(24-11-12-24)16-9-21(3)27-14-15-28-23(8-7-17-32(27,28)5)10-13-25-18-26(33)19-29(34)22(25)4/h9-10,13,16,20-21,24,26-30,33-34H,4,6-8,11-12,14-15,17-19H2,1-3,5H3/b16-9+,23-10+,25-13-/t20?,21-,26-,27-,28+,29+,30-,32-/m1/s1. The highest BCUT2D eigenvalue weighted by molar-refractivity contribution is 5.72. The highest BCUT2D eigenvalue weighted by Gasteiger charge is 2.50. The molecule has 0 aliphatic heterocycles. The van der Waals surface area contributed by atoms with Gasteiger partial charge in [0.1, 0.15) is 6.10 Å². The number of allylic oxidation sites excluding steroid dienone is 4. The summed E-state index contributed by atoms with van der Waals surface area (Å²) in [6, 6.07) is 0. The van der Waals surface area contributed by atoms with E-state index in [1.165, 1.54) is 31.3 Å². The van der Waals surface area contributed by atoms with Crippen molar-refractivity contribution in [2.75, 3.05) is 0 Å². The first-order valence-electron chi connectivity index (χ1n) is 14.5. The van der Waals surface area contributed by atoms with Crippen LogP contribution in [0.15, 0.2) is 47.6 Å². The second-order valence-corrected chi connectivity index (χ2v) is 12.5. The fraction of sp³-hybridized carbons (Fsp3) is 0.719. The Morgan fingerprint density at radius 1 is 1.17 bits per heavy atom. The number of carbonyl (C=O) groups is 1. The second-order valence-electron chi connectivity index (χ2n) is 12.5. The number of hydrogen-bond donors (Lipinski definition) is 2. The number of aliphatic hydroxyl groups is 2. The van der Waals surface area contributed by atoms with Gasteiger partial charge in [-0.3, -0.25) is 4.79 Å². The summed E-state index contributed by atoms with van der Waals surface area (Å²) in [5.74, 6) is 2.05. The predicted octanol–water partition coefficient (Wildman–Crippen LogP) is 6.69. The van der Waals surface area contributed by atoms with Crippen LogP contribution in [0.1, 0.15) is 91.9 Å². The van der Waals surface area contributed by atoms with Crippen molar-refractivity contribution in [2.24, 2.45) is 35.0 Å². The summed E-state index contributed by atoms with van der Waals surface area (Å²) in [7, 11) is 0. The van der Waals surface area contributed by atoms with Crippen molar-refractivity contribution in [1.29, 1.82) is 0 Å². The molecule has 0 amide bonds. The molecule has 4 saturated carbocycles. The van der Waals surface area contributed by atoms with Crippen molar-refractivity contribution >= 4 is 5.97 Å². The zero-order valence-electron chi connectivity index (χ0n) is 22.9. The van der Waals surface area contributed by atoms with Crippen molar-refractivity contribution in [3.05, 3.63) is 47.6 Å². The number of rotatable bonds is 8. The summed E-state index contributed by atoms with van der Waals surface area (Å²) in [5.41, 5.74) is 3.55. The quantitative estimate of drug-likeness (QED) is 0.290. The van der Waals surface area contributed by atoms with Crippen LogP contribution in [0.4, 0.5) is 0 Å². The van der Waals surface area contributed by atoms with Gasteiger partial charge in [0.2, 0.25) is 0 Å². The van der Waals surface area contributed by atoms with E-state index in [1.54, 1.807) is 0 Å². The number of aliphatic hydroxyl groups excluding tert-OH is 2. The molecule has 8 atom stereocenters. The summed E-state index contributed by atoms with van der Waals surface area (Å²) in [5, 5.41) is 20.3. The Bertz CT molecular complexity index is 909. The lowest BCUT2D eigenvalue weighted by Gasteiger charge is -2.44. The van der Waals surface area contributed by atoms with Crippen LogP contribution >= 0.6 is 0 Å². The molecule has 0 aromatic rings. The average Bonchev–Trinajstić information content (AvgIpc) is 3.63. The minimum absolute atomic E-state index is 0.0358. The first-order chi connectivity index (χ1) is 17.1. The Morgan fingerprint density at radius 3 is 2.61 bits per heavy atom. The summed E-state index contributed by atoms with van der Waals surface area (Å²) < 4.78 is 5.92. The molecule has 36 heavy (non-hydrogen) atoms. The van der Waals surface area contributed by atoms with Gasteiger partial charge in [-0.2, -0.15) is 0 Å². The SMILES string of the molecule is C=C1/C(=C\C=C2/CCC[C@]3(C)[C@@H]([C@H](C)/C=C/[C@@H](OC(=O)C(C)CC)C4CC4)CC[C@@H]23)C[C@@H](O)C[C@@H]1O. The maximum Gasteiger partial charge on any atom is 0.309 e. The monoisotopic (exact) mass is 496 g/mol. The van der Waals surface area contributed by atoms with Gasteiger partial charge in [-0.15, -0.1) is 0 Å². The van der Waals surface area contributed by atoms with Crippen LogP contribution < -0.4 is 0 Å². The van der Waals surface area contributed by atoms with Crippen LogP contribution in [0.25, 0.3) is 0 Å². The van der Waals surface area contributed by atoms with Crippen molar-refractivity contribution in [2.45, 2.75) is 110 Å². The number of fused-ring (bicyclic) bond motifs is 1. The van der Waals surface area contributed by atoms with Gasteiger partial charge in [-0.25, -0.2) is 0 Å². The molecule has 0 heterocycles. The van der Waals surface area contributed by atoms with Gasteiger partial charge in [0.25, 0.3) is 0 Å². The Hall–Kier alpha value is -1.65. The first-order valence-corrected chi connectivity index (χ1v) is 14.5. The van der Waals surface area contributed by atoms with Crippen molar-refractivity contribution in [1.82, 2.24) is 0 Å². The topological polar surface area (TPSA) is 66.8 Å². The second kappa shape index (κ2) is 11.4. The molecule has 0 aromatic heterocycles. The number of carbonyl (C=O) groups excluding carboxylic acids is 1. The normalized spacial score (nSPS) is 37.8. The molecule has 0 spiro atoms. The molecular weight excluding hydrogens is 448 g/mol. The van der Waals surface area contributed by atoms with Crippen LogP contribution in [0.3, 0.4) is 0 Å². The predicted molar refractivity (Wildman–Crippen MR) is 145 cm³/mol. The molecule has 4 rings (SSSR count). The van der Waals surface area contributed by atoms with E-state index in [9.17, 15) is 15.0 Å². The lowest BCUT2D eigenvalue weighted by molar-refractivity contribution is -0.152. The lowest BCUT2D eigenvalue weighted by Crippen LogP contribution is -2.35. The number of hydrogen-bond acceptors (Lipinski definition) is 4. The number of ether oxygens (including phenoxy) is 1. The van der Waals surface area contributed by atoms with Crippen molar-refractivity contribution in [3.8, 4) is 0 Å². The summed E-state index contributed by atoms with van der Waals surface area (Å²) in [6.45, 7) is 12.9. The van der Waals surface area contributed by atoms with Crippen LogP contribution in [0, 0.1) is 35.0 Å². The summed E-state index contributed by atoms with van der Waals surface area (Å²) >= 11 is 0. The lowest BCUT2D eigenvalue weighted by atomic mass is 9.61. The fourth-order valence-corrected chi connectivity index (χ4v) is 7.16. The van der Waals surface area contributed by atoms with E-state index in [0.717, 1.165) is 36.8 Å². The largest absolute Gasteiger partial charge is 0.458 e. The first kappa shape index (κ1) is 27.4. The van der Waals surface area contributed by atoms with Gasteiger partial charge in [0, 0.05) is 6.42 Å². The van der Waals surface area contributed by atoms with E-state index < -0.39 is 12.2 Å². The smallest absolute Gasteiger partial charge is 0.309 e. The van der Waals surface area contributed by atoms with Gasteiger partial charge in [-0.05, 0) is 104 Å². The Balaban J connectivity index is 1.45. The third-order valence-corrected chi connectivity index (χ3v) is 9.89. The molecule has 0 bridgehead atoms. The molecular formula is C32H48O4. The van der Waals surface area contributed by atoms with Crippen LogP contribution in [-0.4, -0.2) is 34.5 Å². The Morgan fingerprint density at radius 2 is 1.92 bits per heavy atom. The zero-order chi connectivity index (χ0) is 26.0. The molecule has 200 valence electrons. The minimum Gasteiger partial charge on any atom is -0.458 e. The molecule has 4 fully saturated rings. The molecule has 4 nitrogen and oxygen atoms in total. The van der Waals surface area contributed by atoms with E-state index >= 15 is 0 Å².